The lowest BCUT2D eigenvalue weighted by Crippen LogP contribution is -2.34. The maximum Gasteiger partial charge on any atom is 0.267 e. The van der Waals surface area contributed by atoms with Gasteiger partial charge in [0.25, 0.3) is 5.56 Å². The number of hydrogen-bond donors (Lipinski definition) is 1. The molecule has 0 saturated carbocycles. The molecule has 2 aliphatic heterocycles. The third kappa shape index (κ3) is 2.41. The van der Waals surface area contributed by atoms with Crippen LogP contribution in [0.5, 0.6) is 0 Å². The van der Waals surface area contributed by atoms with Gasteiger partial charge in [-0.2, -0.15) is 5.10 Å². The van der Waals surface area contributed by atoms with Gasteiger partial charge in [-0.1, -0.05) is 12.1 Å². The van der Waals surface area contributed by atoms with Crippen LogP contribution in [-0.4, -0.2) is 35.5 Å². The normalized spacial score (nSPS) is 23.7. The first kappa shape index (κ1) is 13.5. The number of anilines is 1. The summed E-state index contributed by atoms with van der Waals surface area (Å²) in [6, 6.07) is 12.4. The van der Waals surface area contributed by atoms with Crippen molar-refractivity contribution < 1.29 is 0 Å². The summed E-state index contributed by atoms with van der Waals surface area (Å²) in [7, 11) is 0. The third-order valence-electron chi connectivity index (χ3n) is 4.83. The topological polar surface area (TPSA) is 50.2 Å². The van der Waals surface area contributed by atoms with Crippen LogP contribution in [0.25, 0.3) is 0 Å². The average Bonchev–Trinajstić information content (AvgIpc) is 3.14. The number of fused-ring (bicyclic) bond motifs is 1. The number of aromatic nitrogens is 2. The van der Waals surface area contributed by atoms with Crippen LogP contribution in [0.4, 0.5) is 5.69 Å². The lowest BCUT2D eigenvalue weighted by atomic mass is 10.0. The molecule has 1 aromatic carbocycles. The number of hydrogen-bond acceptors (Lipinski definition) is 4. The summed E-state index contributed by atoms with van der Waals surface area (Å²) in [6.45, 7) is 3.92. The molecule has 3 heterocycles. The zero-order valence-electron chi connectivity index (χ0n) is 12.5. The molecular formula is C17H20N4O. The van der Waals surface area contributed by atoms with Gasteiger partial charge in [0.2, 0.25) is 0 Å². The van der Waals surface area contributed by atoms with Crippen molar-refractivity contribution in [1.29, 1.82) is 0 Å². The van der Waals surface area contributed by atoms with E-state index in [0.29, 0.717) is 12.6 Å². The highest BCUT2D eigenvalue weighted by atomic mass is 16.1. The second-order valence-electron chi connectivity index (χ2n) is 6.15. The molecule has 22 heavy (non-hydrogen) atoms. The Hall–Kier alpha value is -2.14. The summed E-state index contributed by atoms with van der Waals surface area (Å²) in [5, 5.41) is 7.59. The Bertz CT molecular complexity index is 709. The minimum Gasteiger partial charge on any atom is -0.367 e. The number of nitrogens with zero attached hydrogens (tertiary/aromatic N) is 3. The molecule has 0 bridgehead atoms. The van der Waals surface area contributed by atoms with Gasteiger partial charge in [0.15, 0.2) is 0 Å². The van der Waals surface area contributed by atoms with Crippen LogP contribution in [0.2, 0.25) is 0 Å². The van der Waals surface area contributed by atoms with Gasteiger partial charge in [0.05, 0.1) is 6.54 Å². The number of rotatable bonds is 3. The summed E-state index contributed by atoms with van der Waals surface area (Å²) < 4.78 is 1.49. The first-order chi connectivity index (χ1) is 10.8. The molecule has 0 unspecified atom stereocenters. The maximum atomic E-state index is 11.7. The molecular weight excluding hydrogens is 276 g/mol. The molecule has 0 amide bonds. The maximum absolute atomic E-state index is 11.7. The zero-order chi connectivity index (χ0) is 14.9. The van der Waals surface area contributed by atoms with E-state index < -0.39 is 0 Å². The van der Waals surface area contributed by atoms with E-state index in [4.69, 9.17) is 0 Å². The van der Waals surface area contributed by atoms with Crippen LogP contribution in [0, 0.1) is 5.92 Å². The Morgan fingerprint density at radius 3 is 2.86 bits per heavy atom. The second-order valence-corrected chi connectivity index (χ2v) is 6.15. The van der Waals surface area contributed by atoms with Crippen LogP contribution in [0.1, 0.15) is 12.0 Å². The summed E-state index contributed by atoms with van der Waals surface area (Å²) in [5.41, 5.74) is 2.32. The molecule has 4 rings (SSSR count). The fraction of sp³-hybridized carbons (Fsp3) is 0.412. The molecule has 5 heteroatoms. The molecule has 0 spiro atoms. The molecule has 5 nitrogen and oxygen atoms in total. The van der Waals surface area contributed by atoms with Crippen molar-refractivity contribution in [3.8, 4) is 0 Å². The summed E-state index contributed by atoms with van der Waals surface area (Å²) in [5.74, 6) is 0.798. The summed E-state index contributed by atoms with van der Waals surface area (Å²) in [6.07, 6.45) is 2.93. The molecule has 2 aromatic rings. The van der Waals surface area contributed by atoms with Crippen LogP contribution < -0.4 is 15.8 Å². The molecule has 0 radical (unpaired) electrons. The molecule has 2 aliphatic rings. The molecule has 0 aliphatic carbocycles. The van der Waals surface area contributed by atoms with Gasteiger partial charge in [-0.25, -0.2) is 4.68 Å². The van der Waals surface area contributed by atoms with E-state index in [0.717, 1.165) is 31.1 Å². The Morgan fingerprint density at radius 1 is 1.18 bits per heavy atom. The Kier molecular flexibility index (Phi) is 3.42. The van der Waals surface area contributed by atoms with Crippen molar-refractivity contribution in [3.05, 3.63) is 58.5 Å². The smallest absolute Gasteiger partial charge is 0.267 e. The van der Waals surface area contributed by atoms with E-state index in [-0.39, 0.29) is 5.56 Å². The number of benzene rings is 1. The lowest BCUT2D eigenvalue weighted by Gasteiger charge is -2.25. The van der Waals surface area contributed by atoms with Crippen molar-refractivity contribution in [1.82, 2.24) is 15.1 Å². The van der Waals surface area contributed by atoms with Crippen molar-refractivity contribution in [3.63, 3.8) is 0 Å². The van der Waals surface area contributed by atoms with Crippen LogP contribution in [-0.2, 0) is 6.54 Å². The lowest BCUT2D eigenvalue weighted by molar-refractivity contribution is 0.578. The molecule has 2 fully saturated rings. The summed E-state index contributed by atoms with van der Waals surface area (Å²) in [4.78, 5) is 14.2. The first-order valence-corrected chi connectivity index (χ1v) is 7.90. The van der Waals surface area contributed by atoms with Crippen molar-refractivity contribution >= 4 is 5.69 Å². The van der Waals surface area contributed by atoms with Gasteiger partial charge in [-0.05, 0) is 36.1 Å². The fourth-order valence-corrected chi connectivity index (χ4v) is 3.64. The van der Waals surface area contributed by atoms with Crippen molar-refractivity contribution in [2.75, 3.05) is 24.5 Å². The van der Waals surface area contributed by atoms with Crippen LogP contribution in [0.3, 0.4) is 0 Å². The highest BCUT2D eigenvalue weighted by molar-refractivity contribution is 5.50. The van der Waals surface area contributed by atoms with Crippen LogP contribution in [0.15, 0.2) is 47.4 Å². The van der Waals surface area contributed by atoms with E-state index >= 15 is 0 Å². The summed E-state index contributed by atoms with van der Waals surface area (Å²) >= 11 is 0. The van der Waals surface area contributed by atoms with Crippen molar-refractivity contribution in [2.24, 2.45) is 5.92 Å². The second kappa shape index (κ2) is 5.57. The Labute approximate surface area is 129 Å². The molecule has 1 N–H and O–H groups in total. The zero-order valence-corrected chi connectivity index (χ0v) is 12.5. The molecule has 2 atom stereocenters. The van der Waals surface area contributed by atoms with E-state index in [1.54, 1.807) is 18.3 Å². The fourth-order valence-electron chi connectivity index (χ4n) is 3.64. The van der Waals surface area contributed by atoms with E-state index in [9.17, 15) is 4.79 Å². The highest BCUT2D eigenvalue weighted by Gasteiger charge is 2.37. The van der Waals surface area contributed by atoms with Crippen molar-refractivity contribution in [2.45, 2.75) is 19.0 Å². The largest absolute Gasteiger partial charge is 0.367 e. The SMILES string of the molecule is O=c1cccnn1Cc1ccc(N2CC[C@@H]3CNC[C@@H]32)cc1. The van der Waals surface area contributed by atoms with E-state index in [1.807, 2.05) is 0 Å². The van der Waals surface area contributed by atoms with Gasteiger partial charge in [0, 0.05) is 43.6 Å². The minimum atomic E-state index is -0.0639. The first-order valence-electron chi connectivity index (χ1n) is 7.90. The third-order valence-corrected chi connectivity index (χ3v) is 4.83. The average molecular weight is 296 g/mol. The molecule has 1 aromatic heterocycles. The minimum absolute atomic E-state index is 0.0639. The predicted molar refractivity (Wildman–Crippen MR) is 86.2 cm³/mol. The van der Waals surface area contributed by atoms with Crippen LogP contribution >= 0.6 is 0 Å². The Morgan fingerprint density at radius 2 is 2.05 bits per heavy atom. The number of nitrogens with one attached hydrogen (secondary N) is 1. The molecule has 114 valence electrons. The van der Waals surface area contributed by atoms with E-state index in [1.165, 1.54) is 16.8 Å². The highest BCUT2D eigenvalue weighted by Crippen LogP contribution is 2.31. The van der Waals surface area contributed by atoms with Gasteiger partial charge in [-0.3, -0.25) is 4.79 Å². The van der Waals surface area contributed by atoms with E-state index in [2.05, 4.69) is 39.6 Å². The van der Waals surface area contributed by atoms with Gasteiger partial charge >= 0.3 is 0 Å². The van der Waals surface area contributed by atoms with Gasteiger partial charge in [0.1, 0.15) is 0 Å². The standard InChI is InChI=1S/C17H20N4O/c22-17-2-1-8-19-21(17)12-13-3-5-15(6-4-13)20-9-7-14-10-18-11-16(14)20/h1-6,8,14,16,18H,7,9-12H2/t14-,16+/m1/s1. The predicted octanol–water partition coefficient (Wildman–Crippen LogP) is 1.09. The molecule has 2 saturated heterocycles. The van der Waals surface area contributed by atoms with Gasteiger partial charge < -0.3 is 10.2 Å². The van der Waals surface area contributed by atoms with Gasteiger partial charge in [-0.15, -0.1) is 0 Å². The Balaban J connectivity index is 1.51. The quantitative estimate of drug-likeness (QED) is 0.921. The monoisotopic (exact) mass is 296 g/mol.